The molecule has 31 heavy (non-hydrogen) atoms. The molecule has 2 aromatic carbocycles. The van der Waals surface area contributed by atoms with Gasteiger partial charge in [0.2, 0.25) is 15.9 Å². The molecule has 1 heterocycles. The standard InChI is InChI=1S/C24H31N3O3S/c1-25(2)31(29,30)23-13-10-22(11-14-23)12-15-24(28)27-19-17-26(18-20-27)16-6-9-21-7-4-3-5-8-21/h3-11,13-14H,12,15-20H2,1-2H3/b9-6+. The number of nitrogens with zero attached hydrogens (tertiary/aromatic N) is 3. The normalized spacial score (nSPS) is 15.6. The van der Waals surface area contributed by atoms with Gasteiger partial charge in [0, 0.05) is 53.2 Å². The molecule has 0 unspecified atom stereocenters. The number of piperazine rings is 1. The molecular weight excluding hydrogens is 410 g/mol. The van der Waals surface area contributed by atoms with Crippen LogP contribution in [0.5, 0.6) is 0 Å². The summed E-state index contributed by atoms with van der Waals surface area (Å²) < 4.78 is 25.5. The van der Waals surface area contributed by atoms with E-state index >= 15 is 0 Å². The molecule has 0 atom stereocenters. The van der Waals surface area contributed by atoms with Gasteiger partial charge in [0.15, 0.2) is 0 Å². The van der Waals surface area contributed by atoms with Gasteiger partial charge in [-0.05, 0) is 29.7 Å². The van der Waals surface area contributed by atoms with Crippen molar-refractivity contribution in [3.05, 3.63) is 71.8 Å². The van der Waals surface area contributed by atoms with E-state index in [9.17, 15) is 13.2 Å². The van der Waals surface area contributed by atoms with Gasteiger partial charge in [0.1, 0.15) is 0 Å². The van der Waals surface area contributed by atoms with Crippen LogP contribution < -0.4 is 0 Å². The Hall–Kier alpha value is -2.48. The van der Waals surface area contributed by atoms with Crippen molar-refractivity contribution < 1.29 is 13.2 Å². The SMILES string of the molecule is CN(C)S(=O)(=O)c1ccc(CCC(=O)N2CCN(C/C=C/c3ccccc3)CC2)cc1. The van der Waals surface area contributed by atoms with Crippen LogP contribution in [0.25, 0.3) is 6.08 Å². The summed E-state index contributed by atoms with van der Waals surface area (Å²) in [7, 11) is -0.391. The van der Waals surface area contributed by atoms with Gasteiger partial charge < -0.3 is 4.90 Å². The number of benzene rings is 2. The zero-order chi connectivity index (χ0) is 22.3. The first-order valence-corrected chi connectivity index (χ1v) is 12.0. The van der Waals surface area contributed by atoms with Gasteiger partial charge >= 0.3 is 0 Å². The molecule has 1 amide bonds. The van der Waals surface area contributed by atoms with Crippen molar-refractivity contribution >= 4 is 22.0 Å². The second-order valence-electron chi connectivity index (χ2n) is 7.93. The summed E-state index contributed by atoms with van der Waals surface area (Å²) in [6, 6.07) is 17.0. The first-order valence-electron chi connectivity index (χ1n) is 10.6. The highest BCUT2D eigenvalue weighted by molar-refractivity contribution is 7.89. The van der Waals surface area contributed by atoms with Crippen molar-refractivity contribution in [3.63, 3.8) is 0 Å². The van der Waals surface area contributed by atoms with Crippen LogP contribution in [-0.2, 0) is 21.2 Å². The maximum atomic E-state index is 12.6. The number of hydrogen-bond acceptors (Lipinski definition) is 4. The lowest BCUT2D eigenvalue weighted by Gasteiger charge is -2.34. The van der Waals surface area contributed by atoms with Crippen LogP contribution in [0.4, 0.5) is 0 Å². The summed E-state index contributed by atoms with van der Waals surface area (Å²) >= 11 is 0. The second kappa shape index (κ2) is 10.7. The number of aryl methyl sites for hydroxylation is 1. The minimum absolute atomic E-state index is 0.157. The van der Waals surface area contributed by atoms with E-state index in [1.807, 2.05) is 23.1 Å². The number of hydrogen-bond donors (Lipinski definition) is 0. The molecule has 0 N–H and O–H groups in total. The van der Waals surface area contributed by atoms with E-state index in [1.165, 1.54) is 24.0 Å². The largest absolute Gasteiger partial charge is 0.340 e. The quantitative estimate of drug-likeness (QED) is 0.632. The summed E-state index contributed by atoms with van der Waals surface area (Å²) in [4.78, 5) is 17.1. The van der Waals surface area contributed by atoms with E-state index in [0.717, 1.165) is 38.3 Å². The Morgan fingerprint density at radius 2 is 1.61 bits per heavy atom. The van der Waals surface area contributed by atoms with Crippen molar-refractivity contribution in [1.82, 2.24) is 14.1 Å². The Labute approximate surface area is 185 Å². The maximum Gasteiger partial charge on any atom is 0.242 e. The van der Waals surface area contributed by atoms with E-state index in [2.05, 4.69) is 29.2 Å². The highest BCUT2D eigenvalue weighted by Gasteiger charge is 2.20. The molecule has 2 aromatic rings. The van der Waals surface area contributed by atoms with Crippen LogP contribution in [0.1, 0.15) is 17.5 Å². The Kier molecular flexibility index (Phi) is 8.01. The Morgan fingerprint density at radius 1 is 0.968 bits per heavy atom. The fourth-order valence-electron chi connectivity index (χ4n) is 3.53. The summed E-state index contributed by atoms with van der Waals surface area (Å²) in [5.41, 5.74) is 2.17. The van der Waals surface area contributed by atoms with Gasteiger partial charge in [-0.2, -0.15) is 0 Å². The average molecular weight is 442 g/mol. The summed E-state index contributed by atoms with van der Waals surface area (Å²) in [6.07, 6.45) is 5.36. The van der Waals surface area contributed by atoms with E-state index in [-0.39, 0.29) is 10.8 Å². The molecule has 1 saturated heterocycles. The van der Waals surface area contributed by atoms with Gasteiger partial charge in [0.05, 0.1) is 4.90 Å². The Bertz CT molecular complexity index is 978. The predicted molar refractivity (Wildman–Crippen MR) is 124 cm³/mol. The lowest BCUT2D eigenvalue weighted by molar-refractivity contribution is -0.132. The number of rotatable bonds is 8. The van der Waals surface area contributed by atoms with E-state index in [4.69, 9.17) is 0 Å². The number of carbonyl (C=O) groups is 1. The maximum absolute atomic E-state index is 12.6. The third-order valence-corrected chi connectivity index (χ3v) is 7.36. The highest BCUT2D eigenvalue weighted by atomic mass is 32.2. The Balaban J connectivity index is 1.41. The fraction of sp³-hybridized carbons (Fsp3) is 0.375. The van der Waals surface area contributed by atoms with Gasteiger partial charge in [-0.3, -0.25) is 9.69 Å². The van der Waals surface area contributed by atoms with Gasteiger partial charge in [-0.1, -0.05) is 54.6 Å². The second-order valence-corrected chi connectivity index (χ2v) is 10.1. The third-order valence-electron chi connectivity index (χ3n) is 5.53. The monoisotopic (exact) mass is 441 g/mol. The van der Waals surface area contributed by atoms with E-state index in [0.29, 0.717) is 12.8 Å². The van der Waals surface area contributed by atoms with Crippen LogP contribution >= 0.6 is 0 Å². The van der Waals surface area contributed by atoms with Gasteiger partial charge in [-0.25, -0.2) is 12.7 Å². The molecule has 0 saturated carbocycles. The van der Waals surface area contributed by atoms with Crippen LogP contribution in [0.3, 0.4) is 0 Å². The van der Waals surface area contributed by atoms with Crippen molar-refractivity contribution in [2.45, 2.75) is 17.7 Å². The summed E-state index contributed by atoms with van der Waals surface area (Å²) in [5.74, 6) is 0.157. The Morgan fingerprint density at radius 3 is 2.23 bits per heavy atom. The van der Waals surface area contributed by atoms with Crippen molar-refractivity contribution in [3.8, 4) is 0 Å². The van der Waals surface area contributed by atoms with Crippen LogP contribution in [0.15, 0.2) is 65.6 Å². The zero-order valence-corrected chi connectivity index (χ0v) is 19.1. The fourth-order valence-corrected chi connectivity index (χ4v) is 4.43. The first kappa shape index (κ1) is 23.2. The lowest BCUT2D eigenvalue weighted by atomic mass is 10.1. The molecule has 0 aliphatic carbocycles. The highest BCUT2D eigenvalue weighted by Crippen LogP contribution is 2.15. The van der Waals surface area contributed by atoms with Gasteiger partial charge in [0.25, 0.3) is 0 Å². The number of carbonyl (C=O) groups excluding carboxylic acids is 1. The minimum atomic E-state index is -3.42. The van der Waals surface area contributed by atoms with Crippen LogP contribution in [0, 0.1) is 0 Å². The molecule has 7 heteroatoms. The number of sulfonamides is 1. The first-order chi connectivity index (χ1) is 14.9. The molecule has 0 aromatic heterocycles. The molecule has 1 fully saturated rings. The van der Waals surface area contributed by atoms with E-state index in [1.54, 1.807) is 24.3 Å². The molecule has 0 spiro atoms. The predicted octanol–water partition coefficient (Wildman–Crippen LogP) is 2.73. The zero-order valence-electron chi connectivity index (χ0n) is 18.3. The van der Waals surface area contributed by atoms with E-state index < -0.39 is 10.0 Å². The number of amides is 1. The van der Waals surface area contributed by atoms with Crippen LogP contribution in [0.2, 0.25) is 0 Å². The smallest absolute Gasteiger partial charge is 0.242 e. The molecular formula is C24H31N3O3S. The third kappa shape index (κ3) is 6.50. The van der Waals surface area contributed by atoms with Crippen LogP contribution in [-0.4, -0.2) is 75.2 Å². The molecule has 166 valence electrons. The molecule has 3 rings (SSSR count). The summed E-state index contributed by atoms with van der Waals surface area (Å²) in [6.45, 7) is 4.14. The van der Waals surface area contributed by atoms with Crippen molar-refractivity contribution in [2.24, 2.45) is 0 Å². The molecule has 0 bridgehead atoms. The van der Waals surface area contributed by atoms with Crippen molar-refractivity contribution in [1.29, 1.82) is 0 Å². The average Bonchev–Trinajstić information content (AvgIpc) is 2.79. The topological polar surface area (TPSA) is 60.9 Å². The lowest BCUT2D eigenvalue weighted by Crippen LogP contribution is -2.48. The molecule has 1 aliphatic rings. The molecule has 6 nitrogen and oxygen atoms in total. The molecule has 0 radical (unpaired) electrons. The minimum Gasteiger partial charge on any atom is -0.340 e. The summed E-state index contributed by atoms with van der Waals surface area (Å²) in [5, 5.41) is 0. The molecule has 1 aliphatic heterocycles. The van der Waals surface area contributed by atoms with Crippen molar-refractivity contribution in [2.75, 3.05) is 46.8 Å². The van der Waals surface area contributed by atoms with Gasteiger partial charge in [-0.15, -0.1) is 0 Å².